The molecule has 128 valence electrons. The Labute approximate surface area is 141 Å². The molecule has 0 saturated carbocycles. The minimum Gasteiger partial charge on any atom is -0.483 e. The van der Waals surface area contributed by atoms with E-state index in [4.69, 9.17) is 9.15 Å². The zero-order valence-electron chi connectivity index (χ0n) is 14.6. The van der Waals surface area contributed by atoms with Crippen LogP contribution in [0.15, 0.2) is 22.6 Å². The molecule has 0 bridgehead atoms. The average molecular weight is 330 g/mol. The number of benzene rings is 1. The van der Waals surface area contributed by atoms with Crippen LogP contribution < -0.4 is 15.6 Å². The smallest absolute Gasteiger partial charge is 0.276 e. The van der Waals surface area contributed by atoms with Gasteiger partial charge >= 0.3 is 0 Å². The SMILES string of the molecule is Cc1cc(C)c(OCC(=O)NNC(=O)c2cc(C)oc2C)c(C)c1. The summed E-state index contributed by atoms with van der Waals surface area (Å²) in [5.74, 6) is 0.948. The minimum atomic E-state index is -0.444. The van der Waals surface area contributed by atoms with Gasteiger partial charge in [-0.15, -0.1) is 0 Å². The zero-order valence-corrected chi connectivity index (χ0v) is 14.6. The molecule has 0 spiro atoms. The number of nitrogens with one attached hydrogen (secondary N) is 2. The lowest BCUT2D eigenvalue weighted by atomic mass is 10.1. The van der Waals surface area contributed by atoms with Crippen molar-refractivity contribution in [1.29, 1.82) is 0 Å². The van der Waals surface area contributed by atoms with Gasteiger partial charge < -0.3 is 9.15 Å². The Kier molecular flexibility index (Phi) is 5.28. The van der Waals surface area contributed by atoms with Gasteiger partial charge in [0.1, 0.15) is 17.3 Å². The molecule has 2 aromatic rings. The maximum absolute atomic E-state index is 12.0. The van der Waals surface area contributed by atoms with Gasteiger partial charge in [0.05, 0.1) is 5.56 Å². The van der Waals surface area contributed by atoms with Gasteiger partial charge in [-0.25, -0.2) is 0 Å². The van der Waals surface area contributed by atoms with Crippen molar-refractivity contribution >= 4 is 11.8 Å². The first-order chi connectivity index (χ1) is 11.3. The van der Waals surface area contributed by atoms with Crippen LogP contribution in [-0.2, 0) is 4.79 Å². The first-order valence-corrected chi connectivity index (χ1v) is 7.64. The van der Waals surface area contributed by atoms with Gasteiger partial charge in [0, 0.05) is 0 Å². The van der Waals surface area contributed by atoms with Crippen LogP contribution in [0, 0.1) is 34.6 Å². The number of hydrogen-bond acceptors (Lipinski definition) is 4. The van der Waals surface area contributed by atoms with Gasteiger partial charge in [0.25, 0.3) is 11.8 Å². The third-order valence-electron chi connectivity index (χ3n) is 3.55. The van der Waals surface area contributed by atoms with Gasteiger partial charge in [0.2, 0.25) is 0 Å². The standard InChI is InChI=1S/C18H22N2O4/c1-10-6-11(2)17(12(3)7-10)23-9-16(21)19-20-18(22)15-8-13(4)24-14(15)5/h6-8H,9H2,1-5H3,(H,19,21)(H,20,22). The number of rotatable bonds is 4. The zero-order chi connectivity index (χ0) is 17.9. The first kappa shape index (κ1) is 17.6. The number of amides is 2. The van der Waals surface area contributed by atoms with Crippen molar-refractivity contribution in [2.75, 3.05) is 6.61 Å². The molecule has 1 heterocycles. The van der Waals surface area contributed by atoms with E-state index in [1.807, 2.05) is 32.9 Å². The molecule has 0 aliphatic carbocycles. The van der Waals surface area contributed by atoms with Crippen molar-refractivity contribution in [3.8, 4) is 5.75 Å². The summed E-state index contributed by atoms with van der Waals surface area (Å²) in [4.78, 5) is 23.8. The van der Waals surface area contributed by atoms with E-state index in [1.165, 1.54) is 0 Å². The van der Waals surface area contributed by atoms with E-state index >= 15 is 0 Å². The van der Waals surface area contributed by atoms with Crippen LogP contribution in [-0.4, -0.2) is 18.4 Å². The summed E-state index contributed by atoms with van der Waals surface area (Å²) in [6, 6.07) is 5.60. The third-order valence-corrected chi connectivity index (χ3v) is 3.55. The Morgan fingerprint density at radius 1 is 1.00 bits per heavy atom. The molecule has 2 N–H and O–H groups in total. The Bertz CT molecular complexity index is 754. The molecule has 6 heteroatoms. The molecule has 0 radical (unpaired) electrons. The van der Waals surface area contributed by atoms with Crippen LogP contribution in [0.2, 0.25) is 0 Å². The van der Waals surface area contributed by atoms with Crippen LogP contribution >= 0.6 is 0 Å². The molecule has 0 saturated heterocycles. The first-order valence-electron chi connectivity index (χ1n) is 7.64. The predicted molar refractivity (Wildman–Crippen MR) is 89.9 cm³/mol. The fourth-order valence-electron chi connectivity index (χ4n) is 2.62. The molecule has 0 fully saturated rings. The van der Waals surface area contributed by atoms with E-state index in [9.17, 15) is 9.59 Å². The predicted octanol–water partition coefficient (Wildman–Crippen LogP) is 2.66. The molecule has 1 aromatic carbocycles. The van der Waals surface area contributed by atoms with E-state index in [2.05, 4.69) is 10.9 Å². The number of aryl methyl sites for hydroxylation is 5. The molecule has 0 aliphatic heterocycles. The van der Waals surface area contributed by atoms with Crippen molar-refractivity contribution in [3.63, 3.8) is 0 Å². The molecule has 0 aliphatic rings. The highest BCUT2D eigenvalue weighted by Crippen LogP contribution is 2.24. The van der Waals surface area contributed by atoms with Crippen LogP contribution in [0.4, 0.5) is 0 Å². The van der Waals surface area contributed by atoms with Crippen molar-refractivity contribution < 1.29 is 18.7 Å². The minimum absolute atomic E-state index is 0.186. The van der Waals surface area contributed by atoms with Crippen LogP contribution in [0.5, 0.6) is 5.75 Å². The second-order valence-electron chi connectivity index (χ2n) is 5.85. The second-order valence-corrected chi connectivity index (χ2v) is 5.85. The molecule has 1 aromatic heterocycles. The lowest BCUT2D eigenvalue weighted by Gasteiger charge is -2.13. The summed E-state index contributed by atoms with van der Waals surface area (Å²) < 4.78 is 10.9. The number of hydrazine groups is 1. The Balaban J connectivity index is 1.88. The second kappa shape index (κ2) is 7.21. The summed E-state index contributed by atoms with van der Waals surface area (Å²) in [5, 5.41) is 0. The Hall–Kier alpha value is -2.76. The number of carbonyl (C=O) groups excluding carboxylic acids is 2. The lowest BCUT2D eigenvalue weighted by molar-refractivity contribution is -0.123. The Morgan fingerprint density at radius 3 is 2.17 bits per heavy atom. The molecule has 24 heavy (non-hydrogen) atoms. The highest BCUT2D eigenvalue weighted by molar-refractivity contribution is 5.96. The topological polar surface area (TPSA) is 80.6 Å². The number of furan rings is 1. The van der Waals surface area contributed by atoms with E-state index < -0.39 is 11.8 Å². The van der Waals surface area contributed by atoms with Gasteiger partial charge in [-0.05, 0) is 51.8 Å². The van der Waals surface area contributed by atoms with E-state index in [0.717, 1.165) is 16.7 Å². The quantitative estimate of drug-likeness (QED) is 0.845. The van der Waals surface area contributed by atoms with Crippen LogP contribution in [0.3, 0.4) is 0 Å². The number of hydrogen-bond donors (Lipinski definition) is 2. The van der Waals surface area contributed by atoms with Crippen LogP contribution in [0.25, 0.3) is 0 Å². The fourth-order valence-corrected chi connectivity index (χ4v) is 2.62. The average Bonchev–Trinajstić information content (AvgIpc) is 2.82. The van der Waals surface area contributed by atoms with Gasteiger partial charge in [0.15, 0.2) is 6.61 Å². The van der Waals surface area contributed by atoms with Crippen molar-refractivity contribution in [1.82, 2.24) is 10.9 Å². The molecular weight excluding hydrogens is 308 g/mol. The summed E-state index contributed by atoms with van der Waals surface area (Å²) in [6.07, 6.45) is 0. The highest BCUT2D eigenvalue weighted by atomic mass is 16.5. The van der Waals surface area contributed by atoms with Gasteiger partial charge in [-0.3, -0.25) is 20.4 Å². The molecular formula is C18H22N2O4. The Morgan fingerprint density at radius 2 is 1.62 bits per heavy atom. The molecule has 2 amide bonds. The largest absolute Gasteiger partial charge is 0.483 e. The normalized spacial score (nSPS) is 10.4. The van der Waals surface area contributed by atoms with Gasteiger partial charge in [-0.1, -0.05) is 17.7 Å². The van der Waals surface area contributed by atoms with E-state index in [-0.39, 0.29) is 6.61 Å². The summed E-state index contributed by atoms with van der Waals surface area (Å²) in [6.45, 7) is 9.12. The fraction of sp³-hybridized carbons (Fsp3) is 0.333. The third kappa shape index (κ3) is 4.16. The van der Waals surface area contributed by atoms with E-state index in [1.54, 1.807) is 19.9 Å². The summed E-state index contributed by atoms with van der Waals surface area (Å²) in [7, 11) is 0. The highest BCUT2D eigenvalue weighted by Gasteiger charge is 2.14. The lowest BCUT2D eigenvalue weighted by Crippen LogP contribution is -2.44. The molecule has 2 rings (SSSR count). The maximum atomic E-state index is 12.0. The summed E-state index contributed by atoms with van der Waals surface area (Å²) >= 11 is 0. The number of carbonyl (C=O) groups is 2. The van der Waals surface area contributed by atoms with Crippen molar-refractivity contribution in [2.45, 2.75) is 34.6 Å². The summed E-state index contributed by atoms with van der Waals surface area (Å²) in [5.41, 5.74) is 8.14. The molecule has 0 unspecified atom stereocenters. The molecule has 0 atom stereocenters. The van der Waals surface area contributed by atoms with Crippen molar-refractivity contribution in [3.05, 3.63) is 52.0 Å². The monoisotopic (exact) mass is 330 g/mol. The maximum Gasteiger partial charge on any atom is 0.276 e. The molecule has 6 nitrogen and oxygen atoms in total. The number of ether oxygens (including phenoxy) is 1. The van der Waals surface area contributed by atoms with Crippen molar-refractivity contribution in [2.24, 2.45) is 0 Å². The van der Waals surface area contributed by atoms with Gasteiger partial charge in [-0.2, -0.15) is 0 Å². The van der Waals surface area contributed by atoms with Crippen LogP contribution in [0.1, 0.15) is 38.6 Å². The van der Waals surface area contributed by atoms with E-state index in [0.29, 0.717) is 22.8 Å².